The lowest BCUT2D eigenvalue weighted by molar-refractivity contribution is -0.146. The number of hydrogen-bond donors (Lipinski definition) is 9. The summed E-state index contributed by atoms with van der Waals surface area (Å²) in [6.45, 7) is 2.40. The van der Waals surface area contributed by atoms with Gasteiger partial charge in [-0.2, -0.15) is 0 Å². The zero-order valence-electron chi connectivity index (χ0n) is 22.6. The number of H-pyrrole nitrogens is 1. The van der Waals surface area contributed by atoms with Gasteiger partial charge in [-0.15, -0.1) is 0 Å². The monoisotopic (exact) mass is 569 g/mol. The molecule has 3 aromatic rings. The molecule has 0 aliphatic rings. The van der Waals surface area contributed by atoms with Crippen molar-refractivity contribution >= 4 is 34.6 Å². The number of carboxylic acids is 1. The van der Waals surface area contributed by atoms with E-state index in [1.165, 1.54) is 26.0 Å². The molecule has 6 atom stereocenters. The van der Waals surface area contributed by atoms with E-state index in [0.29, 0.717) is 11.1 Å². The number of aromatic nitrogens is 1. The number of aromatic amines is 1. The van der Waals surface area contributed by atoms with Crippen molar-refractivity contribution in [3.8, 4) is 5.75 Å². The number of hydrogen-bond acceptors (Lipinski definition) is 8. The van der Waals surface area contributed by atoms with Crippen molar-refractivity contribution in [1.82, 2.24) is 20.9 Å². The number of carbonyl (C=O) groups is 4. The van der Waals surface area contributed by atoms with E-state index in [-0.39, 0.29) is 18.6 Å². The van der Waals surface area contributed by atoms with Crippen molar-refractivity contribution < 1.29 is 39.6 Å². The summed E-state index contributed by atoms with van der Waals surface area (Å²) >= 11 is 0. The quantitative estimate of drug-likeness (QED) is 0.126. The number of fused-ring (bicyclic) bond motifs is 1. The summed E-state index contributed by atoms with van der Waals surface area (Å²) in [6.07, 6.45) is -1.11. The van der Waals surface area contributed by atoms with Gasteiger partial charge in [0.1, 0.15) is 17.8 Å². The molecule has 6 unspecified atom stereocenters. The molecule has 0 radical (unpaired) electrons. The summed E-state index contributed by atoms with van der Waals surface area (Å²) in [4.78, 5) is 53.9. The SMILES string of the molecule is CC(O)C(NC(=O)C(NC(=O)C(Cc1c[nH]c2ccccc12)NC(=O)C(N)Cc1ccc(O)cc1)C(C)O)C(=O)O. The fourth-order valence-electron chi connectivity index (χ4n) is 4.28. The Kier molecular flexibility index (Phi) is 10.4. The van der Waals surface area contributed by atoms with Crippen LogP contribution in [0.4, 0.5) is 0 Å². The van der Waals surface area contributed by atoms with Gasteiger partial charge >= 0.3 is 5.97 Å². The molecule has 0 aliphatic heterocycles. The number of aromatic hydroxyl groups is 1. The van der Waals surface area contributed by atoms with Crippen LogP contribution in [0.25, 0.3) is 10.9 Å². The van der Waals surface area contributed by atoms with Crippen molar-refractivity contribution in [3.63, 3.8) is 0 Å². The molecule has 0 saturated heterocycles. The minimum atomic E-state index is -1.68. The summed E-state index contributed by atoms with van der Waals surface area (Å²) in [5.41, 5.74) is 8.28. The Balaban J connectivity index is 1.82. The van der Waals surface area contributed by atoms with E-state index in [1.807, 2.05) is 24.3 Å². The fourth-order valence-corrected chi connectivity index (χ4v) is 4.28. The van der Waals surface area contributed by atoms with Crippen molar-refractivity contribution in [3.05, 3.63) is 65.9 Å². The van der Waals surface area contributed by atoms with Gasteiger partial charge in [0.25, 0.3) is 0 Å². The lowest BCUT2D eigenvalue weighted by Gasteiger charge is -2.27. The molecule has 1 heterocycles. The number of amides is 3. The minimum Gasteiger partial charge on any atom is -0.508 e. The molecule has 13 nitrogen and oxygen atoms in total. The topological polar surface area (TPSA) is 227 Å². The second-order valence-corrected chi connectivity index (χ2v) is 9.89. The van der Waals surface area contributed by atoms with Crippen LogP contribution in [0, 0.1) is 0 Å². The van der Waals surface area contributed by atoms with Crippen LogP contribution in [0.1, 0.15) is 25.0 Å². The second-order valence-electron chi connectivity index (χ2n) is 9.89. The van der Waals surface area contributed by atoms with E-state index in [4.69, 9.17) is 5.73 Å². The average Bonchev–Trinajstić information content (AvgIpc) is 3.33. The molecule has 0 spiro atoms. The molecular weight excluding hydrogens is 534 g/mol. The number of nitrogens with two attached hydrogens (primary N) is 1. The van der Waals surface area contributed by atoms with Gasteiger partial charge < -0.3 is 47.1 Å². The van der Waals surface area contributed by atoms with Crippen LogP contribution < -0.4 is 21.7 Å². The predicted molar refractivity (Wildman–Crippen MR) is 149 cm³/mol. The number of nitrogens with one attached hydrogen (secondary N) is 4. The van der Waals surface area contributed by atoms with Gasteiger partial charge in [0.2, 0.25) is 17.7 Å². The summed E-state index contributed by atoms with van der Waals surface area (Å²) in [5.74, 6) is -3.97. The third-order valence-electron chi connectivity index (χ3n) is 6.57. The van der Waals surface area contributed by atoms with E-state index >= 15 is 0 Å². The third kappa shape index (κ3) is 8.27. The summed E-state index contributed by atoms with van der Waals surface area (Å²) < 4.78 is 0. The van der Waals surface area contributed by atoms with Gasteiger partial charge in [-0.1, -0.05) is 30.3 Å². The van der Waals surface area contributed by atoms with E-state index < -0.39 is 60.1 Å². The number of phenols is 1. The highest BCUT2D eigenvalue weighted by Crippen LogP contribution is 2.19. The van der Waals surface area contributed by atoms with Gasteiger partial charge in [-0.25, -0.2) is 4.79 Å². The van der Waals surface area contributed by atoms with E-state index in [9.17, 15) is 39.6 Å². The average molecular weight is 570 g/mol. The molecule has 10 N–H and O–H groups in total. The van der Waals surface area contributed by atoms with Crippen LogP contribution in [0.15, 0.2) is 54.7 Å². The Bertz CT molecular complexity index is 1370. The number of aliphatic hydroxyl groups excluding tert-OH is 2. The largest absolute Gasteiger partial charge is 0.508 e. The van der Waals surface area contributed by atoms with E-state index in [0.717, 1.165) is 10.9 Å². The zero-order valence-corrected chi connectivity index (χ0v) is 22.6. The first kappa shape index (κ1) is 31.1. The highest BCUT2D eigenvalue weighted by atomic mass is 16.4. The van der Waals surface area contributed by atoms with Crippen LogP contribution in [-0.2, 0) is 32.0 Å². The van der Waals surface area contributed by atoms with E-state index in [2.05, 4.69) is 20.9 Å². The van der Waals surface area contributed by atoms with Gasteiger partial charge in [-0.05, 0) is 49.6 Å². The first-order chi connectivity index (χ1) is 19.4. The number of para-hydroxylation sites is 1. The predicted octanol–water partition coefficient (Wildman–Crippen LogP) is -0.713. The highest BCUT2D eigenvalue weighted by Gasteiger charge is 2.34. The smallest absolute Gasteiger partial charge is 0.328 e. The van der Waals surface area contributed by atoms with E-state index in [1.54, 1.807) is 18.3 Å². The normalized spacial score (nSPS) is 15.6. The lowest BCUT2D eigenvalue weighted by Crippen LogP contribution is -2.61. The molecule has 3 amide bonds. The van der Waals surface area contributed by atoms with Crippen LogP contribution in [0.5, 0.6) is 5.75 Å². The summed E-state index contributed by atoms with van der Waals surface area (Å²) in [5, 5.41) is 46.6. The van der Waals surface area contributed by atoms with Crippen molar-refractivity contribution in [2.45, 2.75) is 63.1 Å². The molecule has 41 heavy (non-hydrogen) atoms. The third-order valence-corrected chi connectivity index (χ3v) is 6.57. The molecule has 0 fully saturated rings. The Labute approximate surface area is 235 Å². The van der Waals surface area contributed by atoms with Gasteiger partial charge in [0.05, 0.1) is 18.2 Å². The van der Waals surface area contributed by atoms with Gasteiger partial charge in [-0.3, -0.25) is 14.4 Å². The van der Waals surface area contributed by atoms with Gasteiger partial charge in [0, 0.05) is 23.5 Å². The number of carboxylic acid groups (broad SMARTS) is 1. The maximum absolute atomic E-state index is 13.5. The molecule has 0 bridgehead atoms. The molecule has 13 heteroatoms. The number of benzene rings is 2. The van der Waals surface area contributed by atoms with Crippen molar-refractivity contribution in [2.24, 2.45) is 5.73 Å². The molecular formula is C28H35N5O8. The first-order valence-corrected chi connectivity index (χ1v) is 13.0. The first-order valence-electron chi connectivity index (χ1n) is 13.0. The number of aliphatic hydroxyl groups is 2. The van der Waals surface area contributed by atoms with Crippen molar-refractivity contribution in [2.75, 3.05) is 0 Å². The maximum atomic E-state index is 13.5. The van der Waals surface area contributed by atoms with Crippen LogP contribution >= 0.6 is 0 Å². The molecule has 0 aliphatic carbocycles. The molecule has 0 saturated carbocycles. The Morgan fingerprint density at radius 1 is 0.829 bits per heavy atom. The number of rotatable bonds is 13. The fraction of sp³-hybridized carbons (Fsp3) is 0.357. The van der Waals surface area contributed by atoms with Crippen LogP contribution in [0.2, 0.25) is 0 Å². The van der Waals surface area contributed by atoms with Gasteiger partial charge in [0.15, 0.2) is 6.04 Å². The molecule has 3 rings (SSSR count). The molecule has 1 aromatic heterocycles. The number of aliphatic carboxylic acids is 1. The Morgan fingerprint density at radius 3 is 2.05 bits per heavy atom. The zero-order chi connectivity index (χ0) is 30.3. The van der Waals surface area contributed by atoms with Crippen LogP contribution in [-0.4, -0.2) is 85.5 Å². The molecule has 220 valence electrons. The number of carbonyl (C=O) groups excluding carboxylic acids is 3. The lowest BCUT2D eigenvalue weighted by atomic mass is 10.0. The number of phenolic OH excluding ortho intramolecular Hbond substituents is 1. The standard InChI is InChI=1S/C28H35N5O8/c1-14(34)23(27(39)33-24(15(2)35)28(40)41)32-26(38)22(12-17-13-30-21-6-4-3-5-19(17)21)31-25(37)20(29)11-16-7-9-18(36)10-8-16/h3-10,13-15,20,22-24,30,34-36H,11-12,29H2,1-2H3,(H,31,37)(H,32,38)(H,33,39)(H,40,41). The van der Waals surface area contributed by atoms with Crippen molar-refractivity contribution in [1.29, 1.82) is 0 Å². The maximum Gasteiger partial charge on any atom is 0.328 e. The second kappa shape index (κ2) is 13.7. The minimum absolute atomic E-state index is 0.00686. The Hall–Kier alpha value is -4.46. The van der Waals surface area contributed by atoms with Crippen LogP contribution in [0.3, 0.4) is 0 Å². The Morgan fingerprint density at radius 2 is 1.44 bits per heavy atom. The summed E-state index contributed by atoms with van der Waals surface area (Å²) in [6, 6.07) is 7.89. The molecule has 2 aromatic carbocycles. The highest BCUT2D eigenvalue weighted by molar-refractivity contribution is 5.95. The summed E-state index contributed by atoms with van der Waals surface area (Å²) in [7, 11) is 0.